The second-order valence-electron chi connectivity index (χ2n) is 3.77. The van der Waals surface area contributed by atoms with Crippen LogP contribution in [0.2, 0.25) is 0 Å². The van der Waals surface area contributed by atoms with Gasteiger partial charge in [0, 0.05) is 19.8 Å². The number of aromatic hydroxyl groups is 1. The van der Waals surface area contributed by atoms with E-state index in [1.165, 1.54) is 12.1 Å². The Hall–Kier alpha value is -1.11. The normalized spacial score (nSPS) is 13.5. The highest BCUT2D eigenvalue weighted by atomic mass is 32.2. The molecule has 0 aliphatic rings. The molecule has 1 rings (SSSR count). The summed E-state index contributed by atoms with van der Waals surface area (Å²) < 4.78 is 31.2. The van der Waals surface area contributed by atoms with Crippen molar-refractivity contribution in [3.05, 3.63) is 24.3 Å². The minimum Gasteiger partial charge on any atom is -0.507 e. The molecule has 0 heterocycles. The van der Waals surface area contributed by atoms with Gasteiger partial charge >= 0.3 is 0 Å². The number of para-hydroxylation sites is 1. The Kier molecular flexibility index (Phi) is 4.92. The van der Waals surface area contributed by atoms with E-state index in [1.807, 2.05) is 0 Å². The highest BCUT2D eigenvalue weighted by Crippen LogP contribution is 2.21. The zero-order valence-electron chi connectivity index (χ0n) is 9.88. The van der Waals surface area contributed by atoms with E-state index in [4.69, 9.17) is 4.74 Å². The Morgan fingerprint density at radius 1 is 1.41 bits per heavy atom. The molecule has 0 saturated carbocycles. The van der Waals surface area contributed by atoms with Crippen LogP contribution in [0.1, 0.15) is 13.3 Å². The lowest BCUT2D eigenvalue weighted by Crippen LogP contribution is -2.33. The number of rotatable bonds is 6. The fourth-order valence-electron chi connectivity index (χ4n) is 1.37. The number of phenols is 1. The first kappa shape index (κ1) is 14.0. The number of nitrogens with one attached hydrogen (secondary N) is 1. The van der Waals surface area contributed by atoms with Gasteiger partial charge in [0.25, 0.3) is 0 Å². The highest BCUT2D eigenvalue weighted by molar-refractivity contribution is 7.89. The second kappa shape index (κ2) is 6.00. The number of benzene rings is 1. The SMILES string of the molecule is COCCC(C)NS(=O)(=O)c1ccccc1O. The van der Waals surface area contributed by atoms with Crippen LogP contribution in [-0.4, -0.2) is 33.3 Å². The van der Waals surface area contributed by atoms with Crippen LogP contribution in [0.5, 0.6) is 5.75 Å². The second-order valence-corrected chi connectivity index (χ2v) is 5.45. The maximum Gasteiger partial charge on any atom is 0.244 e. The van der Waals surface area contributed by atoms with Gasteiger partial charge in [-0.3, -0.25) is 0 Å². The summed E-state index contributed by atoms with van der Waals surface area (Å²) in [6.45, 7) is 2.22. The maximum absolute atomic E-state index is 11.9. The van der Waals surface area contributed by atoms with Gasteiger partial charge in [-0.1, -0.05) is 12.1 Å². The Morgan fingerprint density at radius 2 is 2.06 bits per heavy atom. The van der Waals surface area contributed by atoms with Crippen molar-refractivity contribution in [1.29, 1.82) is 0 Å². The van der Waals surface area contributed by atoms with Crippen molar-refractivity contribution in [3.63, 3.8) is 0 Å². The van der Waals surface area contributed by atoms with Gasteiger partial charge < -0.3 is 9.84 Å². The molecule has 0 amide bonds. The van der Waals surface area contributed by atoms with Crippen LogP contribution < -0.4 is 4.72 Å². The van der Waals surface area contributed by atoms with E-state index in [0.29, 0.717) is 13.0 Å². The standard InChI is InChI=1S/C11H17NO4S/c1-9(7-8-16-2)12-17(14,15)11-6-4-3-5-10(11)13/h3-6,9,12-13H,7-8H2,1-2H3. The predicted molar refractivity (Wildman–Crippen MR) is 64.4 cm³/mol. The third-order valence-electron chi connectivity index (χ3n) is 2.27. The van der Waals surface area contributed by atoms with E-state index in [-0.39, 0.29) is 16.7 Å². The van der Waals surface area contributed by atoms with Gasteiger partial charge in [-0.05, 0) is 25.5 Å². The van der Waals surface area contributed by atoms with Crippen LogP contribution in [0.4, 0.5) is 0 Å². The van der Waals surface area contributed by atoms with Crippen molar-refractivity contribution in [3.8, 4) is 5.75 Å². The lowest BCUT2D eigenvalue weighted by atomic mass is 10.3. The molecule has 1 unspecified atom stereocenters. The van der Waals surface area contributed by atoms with Crippen LogP contribution in [-0.2, 0) is 14.8 Å². The van der Waals surface area contributed by atoms with Crippen LogP contribution >= 0.6 is 0 Å². The molecule has 0 spiro atoms. The number of sulfonamides is 1. The van der Waals surface area contributed by atoms with E-state index < -0.39 is 10.0 Å². The molecular weight excluding hydrogens is 242 g/mol. The van der Waals surface area contributed by atoms with E-state index >= 15 is 0 Å². The summed E-state index contributed by atoms with van der Waals surface area (Å²) in [7, 11) is -2.12. The molecule has 17 heavy (non-hydrogen) atoms. The molecule has 2 N–H and O–H groups in total. The number of hydrogen-bond donors (Lipinski definition) is 2. The maximum atomic E-state index is 11.9. The minimum atomic E-state index is -3.68. The Balaban J connectivity index is 2.79. The van der Waals surface area contributed by atoms with E-state index in [2.05, 4.69) is 4.72 Å². The molecular formula is C11H17NO4S. The number of phenolic OH excluding ortho intramolecular Hbond substituents is 1. The fourth-order valence-corrected chi connectivity index (χ4v) is 2.74. The Labute approximate surface area is 101 Å². The molecule has 0 bridgehead atoms. The third kappa shape index (κ3) is 3.99. The zero-order chi connectivity index (χ0) is 12.9. The summed E-state index contributed by atoms with van der Waals surface area (Å²) in [5.74, 6) is -0.251. The first-order chi connectivity index (χ1) is 7.97. The first-order valence-electron chi connectivity index (χ1n) is 5.26. The van der Waals surface area contributed by atoms with Crippen molar-refractivity contribution in [2.24, 2.45) is 0 Å². The van der Waals surface area contributed by atoms with E-state index in [9.17, 15) is 13.5 Å². The molecule has 1 aromatic rings. The predicted octanol–water partition coefficient (Wildman–Crippen LogP) is 1.10. The molecule has 96 valence electrons. The average Bonchev–Trinajstić information content (AvgIpc) is 2.26. The van der Waals surface area contributed by atoms with Gasteiger partial charge in [0.2, 0.25) is 10.0 Å². The summed E-state index contributed by atoms with van der Waals surface area (Å²) in [5, 5.41) is 9.49. The fraction of sp³-hybridized carbons (Fsp3) is 0.455. The monoisotopic (exact) mass is 259 g/mol. The highest BCUT2D eigenvalue weighted by Gasteiger charge is 2.20. The minimum absolute atomic E-state index is 0.107. The molecule has 0 aromatic heterocycles. The first-order valence-corrected chi connectivity index (χ1v) is 6.75. The number of ether oxygens (including phenoxy) is 1. The molecule has 6 heteroatoms. The molecule has 0 fully saturated rings. The van der Waals surface area contributed by atoms with E-state index in [0.717, 1.165) is 0 Å². The third-order valence-corrected chi connectivity index (χ3v) is 3.90. The summed E-state index contributed by atoms with van der Waals surface area (Å²) in [5.41, 5.74) is 0. The molecule has 1 atom stereocenters. The number of hydrogen-bond acceptors (Lipinski definition) is 4. The van der Waals surface area contributed by atoms with Gasteiger partial charge in [-0.25, -0.2) is 13.1 Å². The largest absolute Gasteiger partial charge is 0.507 e. The smallest absolute Gasteiger partial charge is 0.244 e. The lowest BCUT2D eigenvalue weighted by Gasteiger charge is -2.14. The summed E-state index contributed by atoms with van der Waals surface area (Å²) >= 11 is 0. The molecule has 0 aliphatic heterocycles. The van der Waals surface area contributed by atoms with Crippen molar-refractivity contribution >= 4 is 10.0 Å². The average molecular weight is 259 g/mol. The van der Waals surface area contributed by atoms with Crippen LogP contribution in [0.15, 0.2) is 29.2 Å². The van der Waals surface area contributed by atoms with Gasteiger partial charge in [-0.15, -0.1) is 0 Å². The van der Waals surface area contributed by atoms with Crippen molar-refractivity contribution in [2.45, 2.75) is 24.3 Å². The van der Waals surface area contributed by atoms with Crippen LogP contribution in [0.3, 0.4) is 0 Å². The van der Waals surface area contributed by atoms with Crippen molar-refractivity contribution in [1.82, 2.24) is 4.72 Å². The van der Waals surface area contributed by atoms with Crippen molar-refractivity contribution < 1.29 is 18.3 Å². The quantitative estimate of drug-likeness (QED) is 0.802. The molecule has 0 aliphatic carbocycles. The van der Waals surface area contributed by atoms with Crippen LogP contribution in [0.25, 0.3) is 0 Å². The summed E-state index contributed by atoms with van der Waals surface area (Å²) in [6, 6.07) is 5.59. The molecule has 5 nitrogen and oxygen atoms in total. The molecule has 0 saturated heterocycles. The Bertz CT molecular complexity index is 458. The van der Waals surface area contributed by atoms with Gasteiger partial charge in [-0.2, -0.15) is 0 Å². The topological polar surface area (TPSA) is 75.6 Å². The van der Waals surface area contributed by atoms with Gasteiger partial charge in [0.15, 0.2) is 0 Å². The van der Waals surface area contributed by atoms with Crippen LogP contribution in [0, 0.1) is 0 Å². The molecule has 1 aromatic carbocycles. The molecule has 0 radical (unpaired) electrons. The van der Waals surface area contributed by atoms with Crippen molar-refractivity contribution in [2.75, 3.05) is 13.7 Å². The lowest BCUT2D eigenvalue weighted by molar-refractivity contribution is 0.188. The van der Waals surface area contributed by atoms with E-state index in [1.54, 1.807) is 26.2 Å². The number of methoxy groups -OCH3 is 1. The van der Waals surface area contributed by atoms with Gasteiger partial charge in [0.1, 0.15) is 10.6 Å². The summed E-state index contributed by atoms with van der Waals surface area (Å²) in [6.07, 6.45) is 0.573. The summed E-state index contributed by atoms with van der Waals surface area (Å²) in [4.78, 5) is -0.107. The zero-order valence-corrected chi connectivity index (χ0v) is 10.7. The Morgan fingerprint density at radius 3 is 2.65 bits per heavy atom. The van der Waals surface area contributed by atoms with Gasteiger partial charge in [0.05, 0.1) is 0 Å².